The highest BCUT2D eigenvalue weighted by Crippen LogP contribution is 2.31. The third-order valence-electron chi connectivity index (χ3n) is 3.04. The van der Waals surface area contributed by atoms with Gasteiger partial charge in [-0.3, -0.25) is 0 Å². The fourth-order valence-electron chi connectivity index (χ4n) is 1.75. The van der Waals surface area contributed by atoms with Crippen molar-refractivity contribution in [2.75, 3.05) is 6.61 Å². The number of hydrogen-bond donors (Lipinski definition) is 0. The number of ether oxygens (including phenoxy) is 1. The summed E-state index contributed by atoms with van der Waals surface area (Å²) in [5.74, 6) is 8.15. The van der Waals surface area contributed by atoms with Crippen LogP contribution in [0.4, 0.5) is 0 Å². The molecule has 0 radical (unpaired) electrons. The molecule has 0 N–H and O–H groups in total. The molecule has 0 spiro atoms. The third-order valence-corrected chi connectivity index (χ3v) is 3.66. The van der Waals surface area contributed by atoms with E-state index in [1.807, 2.05) is 13.0 Å². The Morgan fingerprint density at radius 3 is 2.56 bits per heavy atom. The van der Waals surface area contributed by atoms with Crippen molar-refractivity contribution < 1.29 is 4.74 Å². The molecule has 2 unspecified atom stereocenters. The highest BCUT2D eigenvalue weighted by molar-refractivity contribution is 9.10. The van der Waals surface area contributed by atoms with E-state index in [2.05, 4.69) is 60.7 Å². The van der Waals surface area contributed by atoms with Crippen molar-refractivity contribution in [3.05, 3.63) is 28.2 Å². The van der Waals surface area contributed by atoms with Crippen molar-refractivity contribution in [2.24, 2.45) is 5.92 Å². The lowest BCUT2D eigenvalue weighted by atomic mass is 9.89. The summed E-state index contributed by atoms with van der Waals surface area (Å²) >= 11 is 3.56. The van der Waals surface area contributed by atoms with Crippen LogP contribution in [0, 0.1) is 17.8 Å². The first-order valence-electron chi connectivity index (χ1n) is 6.50. The van der Waals surface area contributed by atoms with Crippen LogP contribution < -0.4 is 4.74 Å². The quantitative estimate of drug-likeness (QED) is 0.711. The maximum Gasteiger partial charge on any atom is 0.133 e. The van der Waals surface area contributed by atoms with Crippen molar-refractivity contribution in [3.8, 4) is 17.6 Å². The summed E-state index contributed by atoms with van der Waals surface area (Å²) in [6, 6.07) is 6.30. The molecule has 18 heavy (non-hydrogen) atoms. The van der Waals surface area contributed by atoms with E-state index < -0.39 is 0 Å². The van der Waals surface area contributed by atoms with E-state index in [9.17, 15) is 0 Å². The van der Waals surface area contributed by atoms with Crippen molar-refractivity contribution in [1.82, 2.24) is 0 Å². The molecule has 0 saturated heterocycles. The van der Waals surface area contributed by atoms with Gasteiger partial charge in [0.25, 0.3) is 0 Å². The summed E-state index contributed by atoms with van der Waals surface area (Å²) in [4.78, 5) is 0. The largest absolute Gasteiger partial charge is 0.493 e. The van der Waals surface area contributed by atoms with E-state index in [4.69, 9.17) is 4.74 Å². The second-order valence-corrected chi connectivity index (χ2v) is 5.23. The van der Waals surface area contributed by atoms with Crippen LogP contribution in [0.2, 0.25) is 0 Å². The van der Waals surface area contributed by atoms with Gasteiger partial charge in [-0.2, -0.15) is 0 Å². The zero-order valence-corrected chi connectivity index (χ0v) is 13.2. The van der Waals surface area contributed by atoms with E-state index in [1.54, 1.807) is 0 Å². The van der Waals surface area contributed by atoms with Gasteiger partial charge in [0.05, 0.1) is 11.1 Å². The third kappa shape index (κ3) is 4.07. The molecule has 0 saturated carbocycles. The fourth-order valence-corrected chi connectivity index (χ4v) is 2.26. The molecule has 0 bridgehead atoms. The minimum atomic E-state index is 0.370. The van der Waals surface area contributed by atoms with Crippen LogP contribution in [-0.2, 0) is 0 Å². The molecule has 0 aliphatic heterocycles. The van der Waals surface area contributed by atoms with Gasteiger partial charge in [0, 0.05) is 12.3 Å². The summed E-state index contributed by atoms with van der Waals surface area (Å²) in [6.07, 6.45) is 0.921. The normalized spacial score (nSPS) is 13.4. The van der Waals surface area contributed by atoms with Gasteiger partial charge in [-0.1, -0.05) is 32.8 Å². The molecule has 0 amide bonds. The average Bonchev–Trinajstić information content (AvgIpc) is 2.37. The van der Waals surface area contributed by atoms with Crippen LogP contribution in [0.15, 0.2) is 22.7 Å². The van der Waals surface area contributed by atoms with Crippen LogP contribution in [-0.4, -0.2) is 6.61 Å². The van der Waals surface area contributed by atoms with Crippen LogP contribution in [0.3, 0.4) is 0 Å². The summed E-state index contributed by atoms with van der Waals surface area (Å²) in [6.45, 7) is 9.16. The molecule has 98 valence electrons. The molecule has 0 aromatic heterocycles. The standard InChI is InChI=1S/C16H21BrO/c1-5-7-8-12(3)13(4)14-9-10-16(18-6-2)15(17)11-14/h9-13H,5-6H2,1-4H3. The van der Waals surface area contributed by atoms with Gasteiger partial charge in [-0.05, 0) is 46.5 Å². The van der Waals surface area contributed by atoms with Crippen LogP contribution >= 0.6 is 15.9 Å². The monoisotopic (exact) mass is 308 g/mol. The van der Waals surface area contributed by atoms with E-state index in [0.717, 1.165) is 16.6 Å². The molecule has 1 aromatic rings. The lowest BCUT2D eigenvalue weighted by molar-refractivity contribution is 0.338. The van der Waals surface area contributed by atoms with E-state index in [1.165, 1.54) is 5.56 Å². The Hall–Kier alpha value is -0.940. The lowest BCUT2D eigenvalue weighted by Gasteiger charge is -2.17. The topological polar surface area (TPSA) is 9.23 Å². The number of hydrogen-bond acceptors (Lipinski definition) is 1. The van der Waals surface area contributed by atoms with E-state index in [0.29, 0.717) is 18.4 Å². The van der Waals surface area contributed by atoms with Gasteiger partial charge in [0.15, 0.2) is 0 Å². The van der Waals surface area contributed by atoms with Crippen molar-refractivity contribution >= 4 is 15.9 Å². The van der Waals surface area contributed by atoms with Gasteiger partial charge >= 0.3 is 0 Å². The first kappa shape index (κ1) is 15.1. The molecule has 0 aliphatic rings. The predicted octanol–water partition coefficient (Wildman–Crippen LogP) is 5.00. The van der Waals surface area contributed by atoms with E-state index in [-0.39, 0.29) is 0 Å². The van der Waals surface area contributed by atoms with Gasteiger partial charge in [0.1, 0.15) is 5.75 Å². The maximum absolute atomic E-state index is 5.52. The van der Waals surface area contributed by atoms with Crippen LogP contribution in [0.25, 0.3) is 0 Å². The first-order valence-corrected chi connectivity index (χ1v) is 7.30. The smallest absolute Gasteiger partial charge is 0.133 e. The minimum absolute atomic E-state index is 0.370. The molecule has 1 aromatic carbocycles. The molecule has 2 atom stereocenters. The summed E-state index contributed by atoms with van der Waals surface area (Å²) in [7, 11) is 0. The minimum Gasteiger partial charge on any atom is -0.493 e. The molecular formula is C16H21BrO. The molecular weight excluding hydrogens is 288 g/mol. The lowest BCUT2D eigenvalue weighted by Crippen LogP contribution is -2.04. The van der Waals surface area contributed by atoms with Gasteiger partial charge in [0.2, 0.25) is 0 Å². The molecule has 0 heterocycles. The van der Waals surface area contributed by atoms with Crippen molar-refractivity contribution in [2.45, 2.75) is 40.0 Å². The van der Waals surface area contributed by atoms with Crippen molar-refractivity contribution in [3.63, 3.8) is 0 Å². The highest BCUT2D eigenvalue weighted by Gasteiger charge is 2.13. The Balaban J connectivity index is 2.86. The van der Waals surface area contributed by atoms with Gasteiger partial charge < -0.3 is 4.74 Å². The van der Waals surface area contributed by atoms with Crippen LogP contribution in [0.1, 0.15) is 45.6 Å². The Labute approximate surface area is 119 Å². The Morgan fingerprint density at radius 2 is 2.00 bits per heavy atom. The number of benzene rings is 1. The fraction of sp³-hybridized carbons (Fsp3) is 0.500. The first-order chi connectivity index (χ1) is 8.60. The Morgan fingerprint density at radius 1 is 1.28 bits per heavy atom. The molecule has 0 aliphatic carbocycles. The molecule has 1 nitrogen and oxygen atoms in total. The Kier molecular flexibility index (Phi) is 6.29. The average molecular weight is 309 g/mol. The highest BCUT2D eigenvalue weighted by atomic mass is 79.9. The number of rotatable bonds is 4. The van der Waals surface area contributed by atoms with Gasteiger partial charge in [-0.25, -0.2) is 0 Å². The SMILES string of the molecule is CCC#CC(C)C(C)c1ccc(OCC)c(Br)c1. The summed E-state index contributed by atoms with van der Waals surface area (Å²) in [5, 5.41) is 0. The molecule has 2 heteroatoms. The van der Waals surface area contributed by atoms with E-state index >= 15 is 0 Å². The predicted molar refractivity (Wildman–Crippen MR) is 81.0 cm³/mol. The second-order valence-electron chi connectivity index (χ2n) is 4.37. The Bertz CT molecular complexity index is 442. The maximum atomic E-state index is 5.52. The number of halogens is 1. The molecule has 0 fully saturated rings. The summed E-state index contributed by atoms with van der Waals surface area (Å²) < 4.78 is 6.54. The van der Waals surface area contributed by atoms with Gasteiger partial charge in [-0.15, -0.1) is 5.92 Å². The zero-order valence-electron chi connectivity index (χ0n) is 11.6. The summed E-state index contributed by atoms with van der Waals surface area (Å²) in [5.41, 5.74) is 1.29. The van der Waals surface area contributed by atoms with Crippen molar-refractivity contribution in [1.29, 1.82) is 0 Å². The second kappa shape index (κ2) is 7.48. The molecule has 1 rings (SSSR count). The van der Waals surface area contributed by atoms with Crippen LogP contribution in [0.5, 0.6) is 5.75 Å². The zero-order chi connectivity index (χ0) is 13.5.